The molecule has 0 spiro atoms. The maximum absolute atomic E-state index is 12.3. The van der Waals surface area contributed by atoms with Gasteiger partial charge in [0.25, 0.3) is 0 Å². The second kappa shape index (κ2) is 8.32. The van der Waals surface area contributed by atoms with Crippen molar-refractivity contribution in [3.05, 3.63) is 42.0 Å². The maximum atomic E-state index is 12.3. The van der Waals surface area contributed by atoms with Crippen molar-refractivity contribution in [1.29, 1.82) is 0 Å². The third kappa shape index (κ3) is 4.00. The number of nitrogens with zero attached hydrogens (tertiary/aromatic N) is 1. The van der Waals surface area contributed by atoms with E-state index in [1.807, 2.05) is 0 Å². The van der Waals surface area contributed by atoms with Gasteiger partial charge in [0.1, 0.15) is 5.75 Å². The van der Waals surface area contributed by atoms with Crippen molar-refractivity contribution < 1.29 is 28.6 Å². The van der Waals surface area contributed by atoms with Crippen molar-refractivity contribution in [2.45, 2.75) is 19.4 Å². The lowest BCUT2D eigenvalue weighted by Gasteiger charge is -2.20. The first kappa shape index (κ1) is 19.6. The van der Waals surface area contributed by atoms with E-state index >= 15 is 0 Å². The fourth-order valence-electron chi connectivity index (χ4n) is 3.38. The van der Waals surface area contributed by atoms with E-state index in [0.717, 1.165) is 12.0 Å². The fourth-order valence-corrected chi connectivity index (χ4v) is 3.38. The van der Waals surface area contributed by atoms with Crippen LogP contribution < -0.4 is 29.7 Å². The summed E-state index contributed by atoms with van der Waals surface area (Å²) in [7, 11) is 1.52. The average molecular weight is 411 g/mol. The van der Waals surface area contributed by atoms with Crippen LogP contribution in [0, 0.1) is 0 Å². The van der Waals surface area contributed by atoms with Crippen molar-refractivity contribution in [3.63, 3.8) is 0 Å². The van der Waals surface area contributed by atoms with Gasteiger partial charge in [0.2, 0.25) is 12.7 Å². The minimum Gasteiger partial charge on any atom is -0.495 e. The Morgan fingerprint density at radius 2 is 1.93 bits per heavy atom. The summed E-state index contributed by atoms with van der Waals surface area (Å²) in [6.07, 6.45) is 1.24. The number of hydrogen-bond donors (Lipinski definition) is 2. The molecule has 0 bridgehead atoms. The van der Waals surface area contributed by atoms with E-state index in [1.54, 1.807) is 41.3 Å². The summed E-state index contributed by atoms with van der Waals surface area (Å²) in [6.45, 7) is 0.919. The molecule has 30 heavy (non-hydrogen) atoms. The minimum absolute atomic E-state index is 0.00162. The summed E-state index contributed by atoms with van der Waals surface area (Å²) < 4.78 is 15.9. The predicted octanol–water partition coefficient (Wildman–Crippen LogP) is 1.81. The Hall–Kier alpha value is -3.75. The second-order valence-corrected chi connectivity index (χ2v) is 6.86. The van der Waals surface area contributed by atoms with Gasteiger partial charge < -0.3 is 29.7 Å². The molecule has 2 aliphatic rings. The normalized spacial score (nSPS) is 14.6. The van der Waals surface area contributed by atoms with Crippen LogP contribution in [0.4, 0.5) is 11.4 Å². The molecule has 2 N–H and O–H groups in total. The van der Waals surface area contributed by atoms with Crippen LogP contribution in [0.1, 0.15) is 18.4 Å². The Labute approximate surface area is 172 Å². The lowest BCUT2D eigenvalue weighted by atomic mass is 10.2. The van der Waals surface area contributed by atoms with E-state index in [-0.39, 0.29) is 19.2 Å². The standard InChI is InChI=1S/C21H21N3O6/c1-28-16-7-5-14(10-15(16)24-8-2-3-19(24)25)23-21(27)20(26)22-11-13-4-6-17-18(9-13)30-12-29-17/h4-7,9-10H,2-3,8,11-12H2,1H3,(H,22,26)(H,23,27). The molecule has 0 aliphatic carbocycles. The van der Waals surface area contributed by atoms with Gasteiger partial charge >= 0.3 is 11.8 Å². The molecular formula is C21H21N3O6. The van der Waals surface area contributed by atoms with Crippen LogP contribution in [0.15, 0.2) is 36.4 Å². The van der Waals surface area contributed by atoms with Crippen LogP contribution in [0.2, 0.25) is 0 Å². The lowest BCUT2D eigenvalue weighted by Crippen LogP contribution is -2.35. The van der Waals surface area contributed by atoms with Crippen LogP contribution in [-0.4, -0.2) is 38.2 Å². The highest BCUT2D eigenvalue weighted by Gasteiger charge is 2.25. The molecule has 156 valence electrons. The molecule has 1 saturated heterocycles. The number of fused-ring (bicyclic) bond motifs is 1. The van der Waals surface area contributed by atoms with E-state index in [2.05, 4.69) is 10.6 Å². The highest BCUT2D eigenvalue weighted by atomic mass is 16.7. The molecule has 0 atom stereocenters. The molecule has 0 unspecified atom stereocenters. The van der Waals surface area contributed by atoms with E-state index in [4.69, 9.17) is 14.2 Å². The van der Waals surface area contributed by atoms with Gasteiger partial charge in [-0.15, -0.1) is 0 Å². The predicted molar refractivity (Wildman–Crippen MR) is 108 cm³/mol. The van der Waals surface area contributed by atoms with E-state index in [1.165, 1.54) is 7.11 Å². The Morgan fingerprint density at radius 1 is 1.10 bits per heavy atom. The number of amides is 3. The summed E-state index contributed by atoms with van der Waals surface area (Å²) in [5.74, 6) is 0.193. The number of carbonyl (C=O) groups is 3. The molecule has 0 saturated carbocycles. The molecule has 3 amide bonds. The molecular weight excluding hydrogens is 390 g/mol. The summed E-state index contributed by atoms with van der Waals surface area (Å²) in [5, 5.41) is 5.13. The molecule has 4 rings (SSSR count). The van der Waals surface area contributed by atoms with Crippen LogP contribution in [0.25, 0.3) is 0 Å². The summed E-state index contributed by atoms with van der Waals surface area (Å²) in [6, 6.07) is 10.2. The summed E-state index contributed by atoms with van der Waals surface area (Å²) >= 11 is 0. The summed E-state index contributed by atoms with van der Waals surface area (Å²) in [5.41, 5.74) is 1.74. The lowest BCUT2D eigenvalue weighted by molar-refractivity contribution is -0.136. The summed E-state index contributed by atoms with van der Waals surface area (Å²) in [4.78, 5) is 38.2. The zero-order chi connectivity index (χ0) is 21.1. The minimum atomic E-state index is -0.806. The number of benzene rings is 2. The smallest absolute Gasteiger partial charge is 0.313 e. The van der Waals surface area contributed by atoms with Gasteiger partial charge in [0.05, 0.1) is 12.8 Å². The number of hydrogen-bond acceptors (Lipinski definition) is 6. The van der Waals surface area contributed by atoms with Gasteiger partial charge in [-0.2, -0.15) is 0 Å². The topological polar surface area (TPSA) is 106 Å². The van der Waals surface area contributed by atoms with Gasteiger partial charge in [0.15, 0.2) is 11.5 Å². The second-order valence-electron chi connectivity index (χ2n) is 6.86. The highest BCUT2D eigenvalue weighted by Crippen LogP contribution is 2.34. The Kier molecular flexibility index (Phi) is 5.42. The fraction of sp³-hybridized carbons (Fsp3) is 0.286. The quantitative estimate of drug-likeness (QED) is 0.727. The number of nitrogens with one attached hydrogen (secondary N) is 2. The zero-order valence-electron chi connectivity index (χ0n) is 16.4. The van der Waals surface area contributed by atoms with Gasteiger partial charge in [0, 0.05) is 25.2 Å². The molecule has 2 aliphatic heterocycles. The zero-order valence-corrected chi connectivity index (χ0v) is 16.4. The third-order valence-electron chi connectivity index (χ3n) is 4.90. The first-order valence-corrected chi connectivity index (χ1v) is 9.51. The first-order valence-electron chi connectivity index (χ1n) is 9.51. The number of carbonyl (C=O) groups excluding carboxylic acids is 3. The molecule has 2 heterocycles. The van der Waals surface area contributed by atoms with Crippen LogP contribution in [-0.2, 0) is 20.9 Å². The Bertz CT molecular complexity index is 1010. The Balaban J connectivity index is 1.39. The van der Waals surface area contributed by atoms with Gasteiger partial charge in [-0.1, -0.05) is 6.07 Å². The van der Waals surface area contributed by atoms with Gasteiger partial charge in [-0.3, -0.25) is 14.4 Å². The van der Waals surface area contributed by atoms with E-state index in [0.29, 0.717) is 41.6 Å². The monoisotopic (exact) mass is 411 g/mol. The molecule has 0 aromatic heterocycles. The molecule has 2 aromatic rings. The number of rotatable bonds is 5. The van der Waals surface area contributed by atoms with Gasteiger partial charge in [-0.05, 0) is 42.3 Å². The van der Waals surface area contributed by atoms with E-state index in [9.17, 15) is 14.4 Å². The largest absolute Gasteiger partial charge is 0.495 e. The third-order valence-corrected chi connectivity index (χ3v) is 4.90. The SMILES string of the molecule is COc1ccc(NC(=O)C(=O)NCc2ccc3c(c2)OCO3)cc1N1CCCC1=O. The van der Waals surface area contributed by atoms with Crippen LogP contribution in [0.5, 0.6) is 17.2 Å². The number of anilines is 2. The molecule has 9 nitrogen and oxygen atoms in total. The van der Waals surface area contributed by atoms with Crippen molar-refractivity contribution in [2.75, 3.05) is 30.7 Å². The van der Waals surface area contributed by atoms with Crippen LogP contribution >= 0.6 is 0 Å². The highest BCUT2D eigenvalue weighted by molar-refractivity contribution is 6.39. The van der Waals surface area contributed by atoms with Crippen molar-refractivity contribution >= 4 is 29.1 Å². The van der Waals surface area contributed by atoms with E-state index < -0.39 is 11.8 Å². The van der Waals surface area contributed by atoms with Crippen molar-refractivity contribution in [1.82, 2.24) is 5.32 Å². The molecule has 2 aromatic carbocycles. The van der Waals surface area contributed by atoms with Crippen molar-refractivity contribution in [3.8, 4) is 17.2 Å². The molecule has 0 radical (unpaired) electrons. The number of methoxy groups -OCH3 is 1. The maximum Gasteiger partial charge on any atom is 0.313 e. The van der Waals surface area contributed by atoms with Crippen LogP contribution in [0.3, 0.4) is 0 Å². The number of ether oxygens (including phenoxy) is 3. The first-order chi connectivity index (χ1) is 14.5. The molecule has 9 heteroatoms. The average Bonchev–Trinajstić information content (AvgIpc) is 3.40. The van der Waals surface area contributed by atoms with Gasteiger partial charge in [-0.25, -0.2) is 0 Å². The van der Waals surface area contributed by atoms with Crippen molar-refractivity contribution in [2.24, 2.45) is 0 Å². The Morgan fingerprint density at radius 3 is 2.70 bits per heavy atom. The molecule has 1 fully saturated rings.